The lowest BCUT2D eigenvalue weighted by atomic mass is 10.2. The monoisotopic (exact) mass is 404 g/mol. The number of aromatic nitrogens is 4. The molecule has 0 fully saturated rings. The van der Waals surface area contributed by atoms with Gasteiger partial charge in [-0.25, -0.2) is 10.2 Å². The molecule has 9 heteroatoms. The molecule has 0 bridgehead atoms. The van der Waals surface area contributed by atoms with E-state index in [1.807, 2.05) is 30.3 Å². The SMILES string of the molecule is Cn1c(=O)c2c(nc(N/N=C/c3ccc(O)cc3)n2Cc2ccccc2)n(C)c1=O. The van der Waals surface area contributed by atoms with Crippen LogP contribution in [-0.4, -0.2) is 30.0 Å². The van der Waals surface area contributed by atoms with Crippen molar-refractivity contribution in [3.8, 4) is 5.75 Å². The Hall–Kier alpha value is -4.14. The molecule has 30 heavy (non-hydrogen) atoms. The van der Waals surface area contributed by atoms with E-state index in [0.29, 0.717) is 18.0 Å². The molecule has 0 aliphatic heterocycles. The number of rotatable bonds is 5. The van der Waals surface area contributed by atoms with Crippen LogP contribution in [0.3, 0.4) is 0 Å². The Kier molecular flexibility index (Phi) is 4.93. The number of hydrogen-bond acceptors (Lipinski definition) is 6. The number of anilines is 1. The second-order valence-corrected chi connectivity index (χ2v) is 6.85. The Morgan fingerprint density at radius 3 is 2.43 bits per heavy atom. The molecule has 9 nitrogen and oxygen atoms in total. The average Bonchev–Trinajstić information content (AvgIpc) is 3.11. The van der Waals surface area contributed by atoms with Crippen molar-refractivity contribution in [1.29, 1.82) is 0 Å². The highest BCUT2D eigenvalue weighted by Gasteiger charge is 2.19. The molecule has 0 amide bonds. The number of hydrazone groups is 1. The summed E-state index contributed by atoms with van der Waals surface area (Å²) in [6.45, 7) is 0.377. The molecule has 2 N–H and O–H groups in total. The van der Waals surface area contributed by atoms with E-state index in [1.54, 1.807) is 42.1 Å². The number of fused-ring (bicyclic) bond motifs is 1. The van der Waals surface area contributed by atoms with Gasteiger partial charge in [0.15, 0.2) is 11.2 Å². The Balaban J connectivity index is 1.81. The van der Waals surface area contributed by atoms with Crippen LogP contribution >= 0.6 is 0 Å². The summed E-state index contributed by atoms with van der Waals surface area (Å²) in [6.07, 6.45) is 1.57. The van der Waals surface area contributed by atoms with Crippen LogP contribution in [0.4, 0.5) is 5.95 Å². The summed E-state index contributed by atoms with van der Waals surface area (Å²) in [7, 11) is 3.02. The molecule has 2 aromatic heterocycles. The molecule has 0 aliphatic rings. The Morgan fingerprint density at radius 1 is 1.03 bits per heavy atom. The predicted octanol–water partition coefficient (Wildman–Crippen LogP) is 1.63. The summed E-state index contributed by atoms with van der Waals surface area (Å²) in [6, 6.07) is 16.2. The van der Waals surface area contributed by atoms with E-state index in [9.17, 15) is 14.7 Å². The van der Waals surface area contributed by atoms with Gasteiger partial charge in [-0.05, 0) is 35.4 Å². The summed E-state index contributed by atoms with van der Waals surface area (Å²) >= 11 is 0. The molecule has 152 valence electrons. The van der Waals surface area contributed by atoms with E-state index in [4.69, 9.17) is 0 Å². The van der Waals surface area contributed by atoms with Gasteiger partial charge in [0.2, 0.25) is 5.95 Å². The highest BCUT2D eigenvalue weighted by Crippen LogP contribution is 2.18. The van der Waals surface area contributed by atoms with Crippen molar-refractivity contribution in [2.24, 2.45) is 19.2 Å². The van der Waals surface area contributed by atoms with Crippen LogP contribution in [0.2, 0.25) is 0 Å². The Labute approximate surface area is 171 Å². The predicted molar refractivity (Wildman–Crippen MR) is 115 cm³/mol. The normalized spacial score (nSPS) is 11.4. The van der Waals surface area contributed by atoms with Crippen LogP contribution in [0, 0.1) is 0 Å². The van der Waals surface area contributed by atoms with Gasteiger partial charge >= 0.3 is 5.69 Å². The zero-order valence-corrected chi connectivity index (χ0v) is 16.5. The molecule has 4 aromatic rings. The lowest BCUT2D eigenvalue weighted by molar-refractivity contribution is 0.475. The molecule has 0 aliphatic carbocycles. The lowest BCUT2D eigenvalue weighted by Crippen LogP contribution is -2.37. The van der Waals surface area contributed by atoms with Gasteiger partial charge in [-0.15, -0.1) is 0 Å². The molecule has 0 saturated heterocycles. The molecule has 0 atom stereocenters. The minimum absolute atomic E-state index is 0.168. The number of phenolic OH excluding ortho intramolecular Hbond substituents is 1. The summed E-state index contributed by atoms with van der Waals surface area (Å²) in [5.74, 6) is 0.503. The van der Waals surface area contributed by atoms with Crippen LogP contribution < -0.4 is 16.7 Å². The summed E-state index contributed by atoms with van der Waals surface area (Å²) in [5.41, 5.74) is 4.34. The molecule has 2 heterocycles. The van der Waals surface area contributed by atoms with Gasteiger partial charge in [0.25, 0.3) is 5.56 Å². The fraction of sp³-hybridized carbons (Fsp3) is 0.143. The zero-order chi connectivity index (χ0) is 21.3. The maximum absolute atomic E-state index is 12.9. The quantitative estimate of drug-likeness (QED) is 0.388. The first kappa shape index (κ1) is 19.2. The van der Waals surface area contributed by atoms with Crippen molar-refractivity contribution in [2.75, 3.05) is 5.43 Å². The van der Waals surface area contributed by atoms with Crippen LogP contribution in [0.5, 0.6) is 5.75 Å². The van der Waals surface area contributed by atoms with Crippen LogP contribution in [-0.2, 0) is 20.6 Å². The fourth-order valence-electron chi connectivity index (χ4n) is 3.18. The van der Waals surface area contributed by atoms with Crippen molar-refractivity contribution >= 4 is 23.3 Å². The van der Waals surface area contributed by atoms with Gasteiger partial charge in [-0.3, -0.25) is 18.5 Å². The zero-order valence-electron chi connectivity index (χ0n) is 16.5. The maximum atomic E-state index is 12.9. The standard InChI is InChI=1S/C21H20N6O3/c1-25-18-17(19(29)26(2)21(25)30)27(13-15-6-4-3-5-7-15)20(23-18)24-22-12-14-8-10-16(28)11-9-14/h3-12,28H,13H2,1-2H3,(H,23,24)/b22-12+. The fourth-order valence-corrected chi connectivity index (χ4v) is 3.18. The second kappa shape index (κ2) is 7.70. The smallest absolute Gasteiger partial charge is 0.332 e. The third-order valence-electron chi connectivity index (χ3n) is 4.80. The van der Waals surface area contributed by atoms with Gasteiger partial charge in [0.1, 0.15) is 5.75 Å². The second-order valence-electron chi connectivity index (χ2n) is 6.85. The first-order chi connectivity index (χ1) is 14.5. The van der Waals surface area contributed by atoms with Gasteiger partial charge in [0, 0.05) is 14.1 Å². The van der Waals surface area contributed by atoms with E-state index in [1.165, 1.54) is 11.6 Å². The average molecular weight is 404 g/mol. The minimum Gasteiger partial charge on any atom is -0.508 e. The van der Waals surface area contributed by atoms with E-state index >= 15 is 0 Å². The lowest BCUT2D eigenvalue weighted by Gasteiger charge is -2.09. The van der Waals surface area contributed by atoms with Crippen LogP contribution in [0.15, 0.2) is 69.3 Å². The van der Waals surface area contributed by atoms with E-state index in [0.717, 1.165) is 15.7 Å². The molecule has 2 aromatic carbocycles. The van der Waals surface area contributed by atoms with Gasteiger partial charge < -0.3 is 5.11 Å². The summed E-state index contributed by atoms with van der Waals surface area (Å²) in [4.78, 5) is 29.6. The summed E-state index contributed by atoms with van der Waals surface area (Å²) < 4.78 is 4.11. The molecule has 0 spiro atoms. The van der Waals surface area contributed by atoms with E-state index < -0.39 is 11.2 Å². The first-order valence-corrected chi connectivity index (χ1v) is 9.24. The number of nitrogens with one attached hydrogen (secondary N) is 1. The number of aryl methyl sites for hydroxylation is 1. The van der Waals surface area contributed by atoms with Crippen molar-refractivity contribution < 1.29 is 5.11 Å². The summed E-state index contributed by atoms with van der Waals surface area (Å²) in [5, 5.41) is 13.6. The van der Waals surface area contributed by atoms with Crippen molar-refractivity contribution in [3.05, 3.63) is 86.6 Å². The highest BCUT2D eigenvalue weighted by atomic mass is 16.3. The first-order valence-electron chi connectivity index (χ1n) is 9.24. The molecule has 0 radical (unpaired) electrons. The third-order valence-corrected chi connectivity index (χ3v) is 4.80. The Morgan fingerprint density at radius 2 is 1.73 bits per heavy atom. The van der Waals surface area contributed by atoms with Crippen molar-refractivity contribution in [1.82, 2.24) is 18.7 Å². The van der Waals surface area contributed by atoms with Crippen LogP contribution in [0.1, 0.15) is 11.1 Å². The van der Waals surface area contributed by atoms with Gasteiger partial charge in [-0.2, -0.15) is 10.1 Å². The van der Waals surface area contributed by atoms with Crippen molar-refractivity contribution in [3.63, 3.8) is 0 Å². The molecule has 0 unspecified atom stereocenters. The van der Waals surface area contributed by atoms with Crippen LogP contribution in [0.25, 0.3) is 11.2 Å². The van der Waals surface area contributed by atoms with Gasteiger partial charge in [0.05, 0.1) is 12.8 Å². The molecule has 4 rings (SSSR count). The third kappa shape index (κ3) is 3.48. The number of hydrogen-bond donors (Lipinski definition) is 2. The molecular weight excluding hydrogens is 384 g/mol. The number of nitrogens with zero attached hydrogens (tertiary/aromatic N) is 5. The minimum atomic E-state index is -0.448. The van der Waals surface area contributed by atoms with E-state index in [-0.39, 0.29) is 11.4 Å². The van der Waals surface area contributed by atoms with Crippen molar-refractivity contribution in [2.45, 2.75) is 6.54 Å². The maximum Gasteiger partial charge on any atom is 0.332 e. The number of phenols is 1. The van der Waals surface area contributed by atoms with E-state index in [2.05, 4.69) is 15.5 Å². The molecule has 0 saturated carbocycles. The topological polar surface area (TPSA) is 106 Å². The number of benzene rings is 2. The molecular formula is C21H20N6O3. The van der Waals surface area contributed by atoms with Gasteiger partial charge in [-0.1, -0.05) is 30.3 Å². The number of imidazole rings is 1. The number of aromatic hydroxyl groups is 1. The Bertz CT molecular complexity index is 1350. The highest BCUT2D eigenvalue weighted by molar-refractivity contribution is 5.80. The largest absolute Gasteiger partial charge is 0.508 e.